The third kappa shape index (κ3) is 12.3. The maximum absolute atomic E-state index is 15.7. The molecule has 2 aromatic heterocycles. The van der Waals surface area contributed by atoms with Crippen molar-refractivity contribution >= 4 is 52.1 Å². The van der Waals surface area contributed by atoms with Crippen molar-refractivity contribution in [3.8, 4) is 17.1 Å². The van der Waals surface area contributed by atoms with E-state index in [0.717, 1.165) is 57.3 Å². The molecular formula is C56H72ClF2N9O8. The van der Waals surface area contributed by atoms with Crippen LogP contribution in [0, 0.1) is 22.5 Å². The van der Waals surface area contributed by atoms with Gasteiger partial charge in [-0.3, -0.25) is 19.3 Å². The van der Waals surface area contributed by atoms with Crippen LogP contribution in [0.1, 0.15) is 111 Å². The van der Waals surface area contributed by atoms with E-state index >= 15 is 4.39 Å². The highest BCUT2D eigenvalue weighted by molar-refractivity contribution is 6.30. The van der Waals surface area contributed by atoms with Crippen LogP contribution in [-0.2, 0) is 23.9 Å². The van der Waals surface area contributed by atoms with Gasteiger partial charge in [0.25, 0.3) is 0 Å². The van der Waals surface area contributed by atoms with Gasteiger partial charge in [-0.15, -0.1) is 0 Å². The molecule has 4 aromatic rings. The Bertz CT molecular complexity index is 2770. The van der Waals surface area contributed by atoms with Gasteiger partial charge in [0.15, 0.2) is 11.0 Å². The first kappa shape index (κ1) is 55.0. The monoisotopic (exact) mass is 1070 g/mol. The quantitative estimate of drug-likeness (QED) is 0.0987. The number of rotatable bonds is 15. The zero-order valence-corrected chi connectivity index (χ0v) is 45.4. The number of benzene rings is 2. The Morgan fingerprint density at radius 1 is 0.908 bits per heavy atom. The predicted octanol–water partition coefficient (Wildman–Crippen LogP) is 7.61. The lowest BCUT2D eigenvalue weighted by atomic mass is 9.69. The largest absolute Gasteiger partial charge is 0.463 e. The second kappa shape index (κ2) is 22.3. The van der Waals surface area contributed by atoms with Gasteiger partial charge in [0, 0.05) is 62.9 Å². The van der Waals surface area contributed by atoms with Gasteiger partial charge in [-0.2, -0.15) is 9.97 Å². The molecule has 4 amide bonds. The van der Waals surface area contributed by atoms with Gasteiger partial charge in [0.05, 0.1) is 42.3 Å². The first-order valence-electron chi connectivity index (χ1n) is 26.7. The van der Waals surface area contributed by atoms with Crippen LogP contribution in [0.3, 0.4) is 0 Å². The molecule has 9 rings (SSSR count). The van der Waals surface area contributed by atoms with E-state index in [1.54, 1.807) is 30.3 Å². The minimum Gasteiger partial charge on any atom is -0.463 e. The molecular weight excluding hydrogens is 1000 g/mol. The summed E-state index contributed by atoms with van der Waals surface area (Å²) in [6.45, 7) is 16.1. The number of pyridine rings is 1. The number of β-amino-alcohol motifs (C(OH)–C–C–N with tert-alkyl or cyclic N) is 1. The third-order valence-corrected chi connectivity index (χ3v) is 16.0. The van der Waals surface area contributed by atoms with E-state index in [0.29, 0.717) is 54.9 Å². The molecule has 6 atom stereocenters. The number of carbonyl (C=O) groups excluding carboxylic acids is 4. The molecule has 5 fully saturated rings. The SMILES string of the molecule is C[C@H](NC(=O)[C@@H]1C[C@@H](O)CN1C(=O)[C@@H](NC(=O)COC1CCN(CC2(COc3nc(N4CC5CCC(C4)N5C(=O)OC(C)(C)C)c4cnc(Cl)c(F)c4n3)CCC2)CC1)C(C)(C)C)c1ccc(-c2ccccc2F)cc1. The van der Waals surface area contributed by atoms with Crippen molar-refractivity contribution in [1.82, 2.24) is 40.3 Å². The first-order chi connectivity index (χ1) is 36.0. The minimum absolute atomic E-state index is 0.0236. The molecule has 0 spiro atoms. The standard InChI is InChI=1S/C56H72ClF2N9O8/c1-33(34-13-15-35(16-14-34)40-11-8-9-12-42(40)58)61-50(71)43-25-38(69)29-67(43)51(72)47(54(2,3)4)62-44(70)30-74-39-19-23-65(24-20-39)31-56(21-10-22-56)32-75-52-63-46-41(26-60-48(57)45(46)59)49(64-52)66-27-36-17-18-37(28-66)68(36)53(73)76-55(5,6)7/h8-9,11-16,26,33,36-39,43,47,69H,10,17-25,27-32H2,1-7H3,(H,61,71)(H,62,70)/t33-,36?,37?,38+,43-,47+/m0/s1. The number of aromatic nitrogens is 3. The fourth-order valence-corrected chi connectivity index (χ4v) is 11.6. The second-order valence-electron chi connectivity index (χ2n) is 23.7. The number of hydrogen-bond acceptors (Lipinski definition) is 13. The number of fused-ring (bicyclic) bond motifs is 3. The van der Waals surface area contributed by atoms with E-state index in [1.165, 1.54) is 17.2 Å². The Morgan fingerprint density at radius 3 is 2.22 bits per heavy atom. The molecule has 2 aromatic carbocycles. The number of anilines is 1. The summed E-state index contributed by atoms with van der Waals surface area (Å²) in [6, 6.07) is 11.2. The molecule has 3 N–H and O–H groups in total. The number of ether oxygens (including phenoxy) is 3. The van der Waals surface area contributed by atoms with Crippen LogP contribution in [0.2, 0.25) is 5.15 Å². The number of likely N-dealkylation sites (tertiary alicyclic amines) is 2. The molecule has 2 bridgehead atoms. The molecule has 1 aliphatic carbocycles. The summed E-state index contributed by atoms with van der Waals surface area (Å²) in [5.74, 6) is -1.95. The number of piperazine rings is 1. The number of aliphatic hydroxyl groups is 1. The number of amides is 4. The smallest absolute Gasteiger partial charge is 0.410 e. The fraction of sp³-hybridized carbons (Fsp3) is 0.589. The van der Waals surface area contributed by atoms with Gasteiger partial charge in [0.2, 0.25) is 17.7 Å². The molecule has 6 heterocycles. The maximum atomic E-state index is 15.7. The number of carbonyl (C=O) groups is 4. The van der Waals surface area contributed by atoms with Crippen molar-refractivity contribution in [2.24, 2.45) is 10.8 Å². The van der Waals surface area contributed by atoms with E-state index < -0.39 is 58.8 Å². The third-order valence-electron chi connectivity index (χ3n) is 15.7. The second-order valence-corrected chi connectivity index (χ2v) is 24.0. The topological polar surface area (TPSA) is 192 Å². The molecule has 2 unspecified atom stereocenters. The fourth-order valence-electron chi connectivity index (χ4n) is 11.5. The zero-order valence-electron chi connectivity index (χ0n) is 44.6. The summed E-state index contributed by atoms with van der Waals surface area (Å²) in [6.07, 6.45) is 6.02. The normalized spacial score (nSPS) is 22.8. The molecule has 410 valence electrons. The van der Waals surface area contributed by atoms with Gasteiger partial charge in [-0.1, -0.05) is 81.3 Å². The van der Waals surface area contributed by atoms with Crippen molar-refractivity contribution in [2.45, 2.75) is 148 Å². The summed E-state index contributed by atoms with van der Waals surface area (Å²) < 4.78 is 48.4. The van der Waals surface area contributed by atoms with E-state index in [-0.39, 0.29) is 71.8 Å². The van der Waals surface area contributed by atoms with Crippen LogP contribution in [0.15, 0.2) is 54.7 Å². The summed E-state index contributed by atoms with van der Waals surface area (Å²) in [7, 11) is 0. The summed E-state index contributed by atoms with van der Waals surface area (Å²) in [4.78, 5) is 76.0. The highest BCUT2D eigenvalue weighted by atomic mass is 35.5. The number of nitrogens with zero attached hydrogens (tertiary/aromatic N) is 7. The first-order valence-corrected chi connectivity index (χ1v) is 27.1. The van der Waals surface area contributed by atoms with Crippen LogP contribution in [0.4, 0.5) is 19.4 Å². The summed E-state index contributed by atoms with van der Waals surface area (Å²) in [5, 5.41) is 16.7. The van der Waals surface area contributed by atoms with Crippen molar-refractivity contribution in [1.29, 1.82) is 0 Å². The Morgan fingerprint density at radius 2 is 1.59 bits per heavy atom. The van der Waals surface area contributed by atoms with Crippen molar-refractivity contribution < 1.29 is 47.3 Å². The van der Waals surface area contributed by atoms with Crippen molar-refractivity contribution in [2.75, 3.05) is 57.4 Å². The molecule has 5 aliphatic rings. The molecule has 4 saturated heterocycles. The van der Waals surface area contributed by atoms with Crippen LogP contribution < -0.4 is 20.3 Å². The molecule has 76 heavy (non-hydrogen) atoms. The van der Waals surface area contributed by atoms with E-state index in [1.807, 2.05) is 65.5 Å². The highest BCUT2D eigenvalue weighted by Crippen LogP contribution is 2.43. The molecule has 17 nitrogen and oxygen atoms in total. The Kier molecular flexibility index (Phi) is 16.1. The molecule has 0 radical (unpaired) electrons. The summed E-state index contributed by atoms with van der Waals surface area (Å²) >= 11 is 6.17. The molecule has 1 saturated carbocycles. The number of piperidine rings is 1. The lowest BCUT2D eigenvalue weighted by molar-refractivity contribution is -0.145. The number of nitrogens with one attached hydrogen (secondary N) is 2. The predicted molar refractivity (Wildman–Crippen MR) is 282 cm³/mol. The van der Waals surface area contributed by atoms with Crippen molar-refractivity contribution in [3.63, 3.8) is 0 Å². The van der Waals surface area contributed by atoms with Crippen LogP contribution in [0.5, 0.6) is 6.01 Å². The Labute approximate surface area is 448 Å². The lowest BCUT2D eigenvalue weighted by Crippen LogP contribution is -2.58. The molecule has 4 aliphatic heterocycles. The van der Waals surface area contributed by atoms with E-state index in [9.17, 15) is 28.7 Å². The highest BCUT2D eigenvalue weighted by Gasteiger charge is 2.47. The summed E-state index contributed by atoms with van der Waals surface area (Å²) in [5.41, 5.74) is 0.439. The lowest BCUT2D eigenvalue weighted by Gasteiger charge is -2.46. The molecule has 20 heteroatoms. The van der Waals surface area contributed by atoms with Gasteiger partial charge >= 0.3 is 12.1 Å². The van der Waals surface area contributed by atoms with E-state index in [2.05, 4.69) is 30.4 Å². The zero-order chi connectivity index (χ0) is 54.3. The van der Waals surface area contributed by atoms with Crippen LogP contribution in [-0.4, -0.2) is 153 Å². The van der Waals surface area contributed by atoms with Gasteiger partial charge in [-0.25, -0.2) is 18.6 Å². The van der Waals surface area contributed by atoms with Gasteiger partial charge in [0.1, 0.15) is 41.4 Å². The van der Waals surface area contributed by atoms with Gasteiger partial charge < -0.3 is 44.7 Å². The maximum Gasteiger partial charge on any atom is 0.410 e. The van der Waals surface area contributed by atoms with Crippen LogP contribution in [0.25, 0.3) is 22.0 Å². The van der Waals surface area contributed by atoms with E-state index in [4.69, 9.17) is 30.8 Å². The number of hydrogen-bond donors (Lipinski definition) is 3. The Hall–Kier alpha value is -5.76. The van der Waals surface area contributed by atoms with Crippen molar-refractivity contribution in [3.05, 3.63) is 77.1 Å². The van der Waals surface area contributed by atoms with Gasteiger partial charge in [-0.05, 0) is 88.8 Å². The van der Waals surface area contributed by atoms with Crippen LogP contribution >= 0.6 is 11.6 Å². The average molecular weight is 1070 g/mol. The number of aliphatic hydroxyl groups excluding tert-OH is 1. The Balaban J connectivity index is 0.763. The average Bonchev–Trinajstić information content (AvgIpc) is 3.89. The number of halogens is 3. The minimum atomic E-state index is -1.01.